The van der Waals surface area contributed by atoms with Gasteiger partial charge in [-0.3, -0.25) is 8.74 Å². The molecule has 0 aromatic carbocycles. The molecule has 0 rings (SSSR count). The number of alkyl halides is 4. The molecule has 3 unspecified atom stereocenters. The van der Waals surface area contributed by atoms with Crippen LogP contribution in [0.4, 0.5) is 17.6 Å². The highest BCUT2D eigenvalue weighted by Crippen LogP contribution is 2.41. The maximum absolute atomic E-state index is 13.9. The first-order valence-electron chi connectivity index (χ1n) is 3.89. The van der Waals surface area contributed by atoms with Gasteiger partial charge in [0.1, 0.15) is 0 Å². The third-order valence-corrected chi connectivity index (χ3v) is 3.43. The Morgan fingerprint density at radius 2 is 1.83 bits per heavy atom. The van der Waals surface area contributed by atoms with Crippen molar-refractivity contribution < 1.29 is 43.5 Å². The molecular formula is C6H7F4O6S2-. The lowest BCUT2D eigenvalue weighted by molar-refractivity contribution is -0.213. The molecule has 0 aromatic heterocycles. The Labute approximate surface area is 102 Å². The molecule has 0 heterocycles. The summed E-state index contributed by atoms with van der Waals surface area (Å²) in [7, 11) is -5.98. The summed E-state index contributed by atoms with van der Waals surface area (Å²) in [6.07, 6.45) is -9.68. The van der Waals surface area contributed by atoms with Crippen molar-refractivity contribution in [2.75, 3.05) is 0 Å². The fourth-order valence-corrected chi connectivity index (χ4v) is 2.34. The van der Waals surface area contributed by atoms with E-state index in [1.54, 1.807) is 0 Å². The van der Waals surface area contributed by atoms with Crippen molar-refractivity contribution in [1.29, 1.82) is 0 Å². The van der Waals surface area contributed by atoms with Gasteiger partial charge in [0.15, 0.2) is 0 Å². The van der Waals surface area contributed by atoms with E-state index in [-0.39, 0.29) is 0 Å². The Kier molecular flexibility index (Phi) is 5.04. The molecule has 0 saturated heterocycles. The molecule has 12 heteroatoms. The van der Waals surface area contributed by atoms with Gasteiger partial charge in [0, 0.05) is 0 Å². The summed E-state index contributed by atoms with van der Waals surface area (Å²) in [4.78, 5) is 0. The molecule has 0 saturated carbocycles. The SMILES string of the molecule is C=C(C)C(F)(C(OS(=O)[O-])C(F)(F)F)S(=O)(=O)O. The van der Waals surface area contributed by atoms with Crippen LogP contribution >= 0.6 is 0 Å². The standard InChI is InChI=1S/C6H8F4O6S2/c1-3(2)5(7,18(13,14)15)4(6(8,9)10)16-17(11)12/h4H,1H2,2H3,(H,11,12)(H,13,14,15)/p-1. The van der Waals surface area contributed by atoms with Crippen molar-refractivity contribution in [1.82, 2.24) is 0 Å². The molecule has 18 heavy (non-hydrogen) atoms. The first-order chi connectivity index (χ1) is 7.74. The lowest BCUT2D eigenvalue weighted by Gasteiger charge is -2.32. The van der Waals surface area contributed by atoms with Crippen LogP contribution in [0, 0.1) is 0 Å². The van der Waals surface area contributed by atoms with E-state index in [0.29, 0.717) is 6.92 Å². The van der Waals surface area contributed by atoms with E-state index >= 15 is 0 Å². The first kappa shape index (κ1) is 17.4. The van der Waals surface area contributed by atoms with Gasteiger partial charge in [0.25, 0.3) is 5.00 Å². The van der Waals surface area contributed by atoms with E-state index in [4.69, 9.17) is 4.55 Å². The minimum absolute atomic E-state index is 0.517. The molecule has 0 spiro atoms. The Hall–Kier alpha value is -0.560. The average molecular weight is 315 g/mol. The van der Waals surface area contributed by atoms with E-state index in [2.05, 4.69) is 10.8 Å². The fraction of sp³-hybridized carbons (Fsp3) is 0.667. The van der Waals surface area contributed by atoms with Crippen LogP contribution in [-0.2, 0) is 25.7 Å². The van der Waals surface area contributed by atoms with Gasteiger partial charge in [-0.1, -0.05) is 6.58 Å². The lowest BCUT2D eigenvalue weighted by Crippen LogP contribution is -2.54. The van der Waals surface area contributed by atoms with Gasteiger partial charge in [-0.2, -0.15) is 21.6 Å². The van der Waals surface area contributed by atoms with Gasteiger partial charge in [-0.25, -0.2) is 8.60 Å². The predicted molar refractivity (Wildman–Crippen MR) is 50.0 cm³/mol. The van der Waals surface area contributed by atoms with Crippen molar-refractivity contribution in [3.05, 3.63) is 12.2 Å². The van der Waals surface area contributed by atoms with Crippen molar-refractivity contribution in [2.24, 2.45) is 0 Å². The van der Waals surface area contributed by atoms with Gasteiger partial charge in [-0.05, 0) is 12.5 Å². The summed E-state index contributed by atoms with van der Waals surface area (Å²) in [6, 6.07) is 0. The smallest absolute Gasteiger partial charge is 0.420 e. The number of rotatable bonds is 5. The van der Waals surface area contributed by atoms with Crippen LogP contribution in [0.3, 0.4) is 0 Å². The average Bonchev–Trinajstić information content (AvgIpc) is 2.08. The molecule has 0 radical (unpaired) electrons. The largest absolute Gasteiger partial charge is 0.750 e. The third kappa shape index (κ3) is 3.47. The molecule has 1 N–H and O–H groups in total. The predicted octanol–water partition coefficient (Wildman–Crippen LogP) is 0.858. The molecule has 0 bridgehead atoms. The topological polar surface area (TPSA) is 104 Å². The van der Waals surface area contributed by atoms with Crippen LogP contribution in [0.1, 0.15) is 6.92 Å². The molecular weight excluding hydrogens is 308 g/mol. The molecule has 0 amide bonds. The molecule has 0 aliphatic rings. The highest BCUT2D eigenvalue weighted by Gasteiger charge is 2.64. The van der Waals surface area contributed by atoms with Crippen molar-refractivity contribution in [3.63, 3.8) is 0 Å². The maximum Gasteiger partial charge on any atom is 0.420 e. The van der Waals surface area contributed by atoms with Crippen molar-refractivity contribution in [2.45, 2.75) is 24.2 Å². The zero-order valence-electron chi connectivity index (χ0n) is 8.60. The summed E-state index contributed by atoms with van der Waals surface area (Å²) in [5.74, 6) is 0. The summed E-state index contributed by atoms with van der Waals surface area (Å²) >= 11 is -3.87. The van der Waals surface area contributed by atoms with Crippen molar-refractivity contribution in [3.8, 4) is 0 Å². The number of hydrogen-bond acceptors (Lipinski definition) is 5. The Balaban J connectivity index is 5.98. The minimum atomic E-state index is -5.98. The maximum atomic E-state index is 13.9. The number of hydrogen-bond donors (Lipinski definition) is 1. The van der Waals surface area contributed by atoms with E-state index in [0.717, 1.165) is 0 Å². The summed E-state index contributed by atoms with van der Waals surface area (Å²) in [5, 5.41) is -4.54. The second-order valence-corrected chi connectivity index (χ2v) is 5.27. The van der Waals surface area contributed by atoms with Crippen LogP contribution in [0.25, 0.3) is 0 Å². The van der Waals surface area contributed by atoms with Gasteiger partial charge < -0.3 is 4.55 Å². The minimum Gasteiger partial charge on any atom is -0.750 e. The van der Waals surface area contributed by atoms with Crippen LogP contribution in [0.2, 0.25) is 0 Å². The second kappa shape index (κ2) is 5.21. The quantitative estimate of drug-likeness (QED) is 0.349. The second-order valence-electron chi connectivity index (χ2n) is 3.12. The summed E-state index contributed by atoms with van der Waals surface area (Å²) in [6.45, 7) is 3.16. The zero-order valence-corrected chi connectivity index (χ0v) is 10.2. The molecule has 108 valence electrons. The van der Waals surface area contributed by atoms with Crippen LogP contribution in [0.5, 0.6) is 0 Å². The van der Waals surface area contributed by atoms with Gasteiger partial charge in [-0.15, -0.1) is 0 Å². The van der Waals surface area contributed by atoms with Gasteiger partial charge in [0.2, 0.25) is 6.10 Å². The van der Waals surface area contributed by atoms with E-state index in [1.807, 2.05) is 0 Å². The van der Waals surface area contributed by atoms with Gasteiger partial charge in [0.05, 0.1) is 11.4 Å². The lowest BCUT2D eigenvalue weighted by atomic mass is 10.1. The Morgan fingerprint density at radius 1 is 1.44 bits per heavy atom. The Morgan fingerprint density at radius 3 is 2.00 bits per heavy atom. The third-order valence-electron chi connectivity index (χ3n) is 1.77. The monoisotopic (exact) mass is 315 g/mol. The van der Waals surface area contributed by atoms with Crippen LogP contribution in [-0.4, -0.2) is 39.0 Å². The fourth-order valence-electron chi connectivity index (χ4n) is 0.985. The highest BCUT2D eigenvalue weighted by atomic mass is 32.2. The van der Waals surface area contributed by atoms with Crippen molar-refractivity contribution >= 4 is 21.5 Å². The number of halogens is 4. The van der Waals surface area contributed by atoms with E-state index in [1.165, 1.54) is 0 Å². The van der Waals surface area contributed by atoms with E-state index in [9.17, 15) is 34.7 Å². The summed E-state index contributed by atoms with van der Waals surface area (Å²) < 4.78 is 104. The normalized spacial score (nSPS) is 19.9. The molecule has 0 aromatic rings. The van der Waals surface area contributed by atoms with Gasteiger partial charge >= 0.3 is 16.3 Å². The molecule has 6 nitrogen and oxygen atoms in total. The summed E-state index contributed by atoms with van der Waals surface area (Å²) in [5.41, 5.74) is -1.29. The molecule has 0 aliphatic carbocycles. The first-order valence-corrected chi connectivity index (χ1v) is 6.33. The molecule has 3 atom stereocenters. The van der Waals surface area contributed by atoms with Crippen LogP contribution < -0.4 is 0 Å². The Bertz CT molecular complexity index is 457. The van der Waals surface area contributed by atoms with Crippen LogP contribution in [0.15, 0.2) is 12.2 Å². The highest BCUT2D eigenvalue weighted by molar-refractivity contribution is 7.87. The van der Waals surface area contributed by atoms with E-state index < -0.39 is 44.3 Å². The zero-order chi connectivity index (χ0) is 14.9. The molecule has 0 fully saturated rings. The molecule has 0 aliphatic heterocycles.